The molecule has 0 spiro atoms. The zero-order valence-electron chi connectivity index (χ0n) is 7.13. The highest BCUT2D eigenvalue weighted by Crippen LogP contribution is 1.85. The van der Waals surface area contributed by atoms with Gasteiger partial charge in [-0.2, -0.15) is 0 Å². The van der Waals surface area contributed by atoms with Gasteiger partial charge in [0, 0.05) is 19.6 Å². The summed E-state index contributed by atoms with van der Waals surface area (Å²) in [5, 5.41) is 11.3. The van der Waals surface area contributed by atoms with E-state index in [1.54, 1.807) is 0 Å². The molecular formula is C7H16N2O2. The van der Waals surface area contributed by atoms with E-state index in [0.29, 0.717) is 6.54 Å². The van der Waals surface area contributed by atoms with E-state index in [1.165, 1.54) is 0 Å². The molecule has 0 saturated carbocycles. The molecule has 0 saturated heterocycles. The van der Waals surface area contributed by atoms with Crippen LogP contribution in [0.2, 0.25) is 0 Å². The van der Waals surface area contributed by atoms with Gasteiger partial charge in [-0.15, -0.1) is 0 Å². The SMILES string of the molecule is CNCCN(C)CCC(=O)O. The fraction of sp³-hybridized carbons (Fsp3) is 0.857. The van der Waals surface area contributed by atoms with E-state index < -0.39 is 5.97 Å². The molecule has 0 aromatic heterocycles. The van der Waals surface area contributed by atoms with Crippen molar-refractivity contribution >= 4 is 5.97 Å². The molecule has 0 aliphatic rings. The molecular weight excluding hydrogens is 144 g/mol. The third-order valence-electron chi connectivity index (χ3n) is 1.45. The molecule has 4 nitrogen and oxygen atoms in total. The van der Waals surface area contributed by atoms with Crippen LogP contribution in [0.15, 0.2) is 0 Å². The van der Waals surface area contributed by atoms with Crippen molar-refractivity contribution in [3.8, 4) is 0 Å². The highest BCUT2D eigenvalue weighted by atomic mass is 16.4. The van der Waals surface area contributed by atoms with E-state index in [9.17, 15) is 4.79 Å². The first-order valence-electron chi connectivity index (χ1n) is 3.71. The molecule has 11 heavy (non-hydrogen) atoms. The lowest BCUT2D eigenvalue weighted by molar-refractivity contribution is -0.137. The molecule has 2 N–H and O–H groups in total. The van der Waals surface area contributed by atoms with E-state index in [1.807, 2.05) is 19.0 Å². The fourth-order valence-electron chi connectivity index (χ4n) is 0.701. The standard InChI is InChI=1S/C7H16N2O2/c1-8-4-6-9(2)5-3-7(10)11/h8H,3-6H2,1-2H3,(H,10,11). The summed E-state index contributed by atoms with van der Waals surface area (Å²) in [4.78, 5) is 12.1. The zero-order valence-corrected chi connectivity index (χ0v) is 7.13. The van der Waals surface area contributed by atoms with Crippen LogP contribution in [0.5, 0.6) is 0 Å². The van der Waals surface area contributed by atoms with Crippen LogP contribution in [-0.2, 0) is 4.79 Å². The number of hydrogen-bond acceptors (Lipinski definition) is 3. The fourth-order valence-corrected chi connectivity index (χ4v) is 0.701. The Bertz CT molecular complexity index is 117. The molecule has 0 aromatic carbocycles. The second-order valence-corrected chi connectivity index (χ2v) is 2.55. The lowest BCUT2D eigenvalue weighted by Gasteiger charge is -2.14. The Hall–Kier alpha value is -0.610. The lowest BCUT2D eigenvalue weighted by atomic mass is 10.4. The quantitative estimate of drug-likeness (QED) is 0.556. The van der Waals surface area contributed by atoms with Crippen LogP contribution in [-0.4, -0.2) is 49.7 Å². The third kappa shape index (κ3) is 7.29. The molecule has 0 heterocycles. The molecule has 0 aromatic rings. The minimum absolute atomic E-state index is 0.222. The molecule has 0 atom stereocenters. The van der Waals surface area contributed by atoms with Gasteiger partial charge < -0.3 is 15.3 Å². The van der Waals surface area contributed by atoms with Crippen molar-refractivity contribution in [3.05, 3.63) is 0 Å². The van der Waals surface area contributed by atoms with Crippen molar-refractivity contribution in [1.82, 2.24) is 10.2 Å². The van der Waals surface area contributed by atoms with Crippen LogP contribution in [0, 0.1) is 0 Å². The Labute approximate surface area is 67.2 Å². The molecule has 0 fully saturated rings. The van der Waals surface area contributed by atoms with Gasteiger partial charge in [-0.05, 0) is 14.1 Å². The van der Waals surface area contributed by atoms with Crippen molar-refractivity contribution in [1.29, 1.82) is 0 Å². The summed E-state index contributed by atoms with van der Waals surface area (Å²) >= 11 is 0. The van der Waals surface area contributed by atoms with Gasteiger partial charge in [0.1, 0.15) is 0 Å². The third-order valence-corrected chi connectivity index (χ3v) is 1.45. The second-order valence-electron chi connectivity index (χ2n) is 2.55. The van der Waals surface area contributed by atoms with Gasteiger partial charge in [-0.3, -0.25) is 4.79 Å². The predicted molar refractivity (Wildman–Crippen MR) is 43.7 cm³/mol. The van der Waals surface area contributed by atoms with Crippen molar-refractivity contribution < 1.29 is 9.90 Å². The normalized spacial score (nSPS) is 10.5. The van der Waals surface area contributed by atoms with Gasteiger partial charge in [0.15, 0.2) is 0 Å². The second kappa shape index (κ2) is 6.12. The van der Waals surface area contributed by atoms with Gasteiger partial charge in [-0.25, -0.2) is 0 Å². The molecule has 0 unspecified atom stereocenters. The van der Waals surface area contributed by atoms with Crippen LogP contribution in [0.1, 0.15) is 6.42 Å². The maximum absolute atomic E-state index is 10.1. The Morgan fingerprint density at radius 1 is 1.55 bits per heavy atom. The van der Waals surface area contributed by atoms with Crippen LogP contribution in [0.25, 0.3) is 0 Å². The van der Waals surface area contributed by atoms with Gasteiger partial charge in [0.25, 0.3) is 0 Å². The Morgan fingerprint density at radius 3 is 2.64 bits per heavy atom. The average molecular weight is 160 g/mol. The highest BCUT2D eigenvalue weighted by Gasteiger charge is 2.00. The molecule has 0 radical (unpaired) electrons. The largest absolute Gasteiger partial charge is 0.481 e. The molecule has 0 aliphatic carbocycles. The van der Waals surface area contributed by atoms with Crippen molar-refractivity contribution in [2.75, 3.05) is 33.7 Å². The smallest absolute Gasteiger partial charge is 0.304 e. The number of carbonyl (C=O) groups is 1. The number of likely N-dealkylation sites (N-methyl/N-ethyl adjacent to an activating group) is 2. The number of carboxylic acid groups (broad SMARTS) is 1. The number of rotatable bonds is 6. The summed E-state index contributed by atoms with van der Waals surface area (Å²) in [6.07, 6.45) is 0.222. The summed E-state index contributed by atoms with van der Waals surface area (Å²) in [5.74, 6) is -0.735. The van der Waals surface area contributed by atoms with Gasteiger partial charge >= 0.3 is 5.97 Å². The van der Waals surface area contributed by atoms with Crippen molar-refractivity contribution in [3.63, 3.8) is 0 Å². The predicted octanol–water partition coefficient (Wildman–Crippen LogP) is -0.388. The van der Waals surface area contributed by atoms with Crippen LogP contribution in [0.4, 0.5) is 0 Å². The summed E-state index contributed by atoms with van der Waals surface area (Å²) < 4.78 is 0. The summed E-state index contributed by atoms with van der Waals surface area (Å²) in [5.41, 5.74) is 0. The topological polar surface area (TPSA) is 52.6 Å². The Morgan fingerprint density at radius 2 is 2.18 bits per heavy atom. The Kier molecular flexibility index (Phi) is 5.78. The molecule has 0 amide bonds. The first-order valence-corrected chi connectivity index (χ1v) is 3.71. The van der Waals surface area contributed by atoms with Gasteiger partial charge in [0.05, 0.1) is 6.42 Å². The van der Waals surface area contributed by atoms with Crippen molar-refractivity contribution in [2.24, 2.45) is 0 Å². The first-order chi connectivity index (χ1) is 5.16. The highest BCUT2D eigenvalue weighted by molar-refractivity contribution is 5.66. The zero-order chi connectivity index (χ0) is 8.69. The Balaban J connectivity index is 3.22. The minimum Gasteiger partial charge on any atom is -0.481 e. The number of nitrogens with zero attached hydrogens (tertiary/aromatic N) is 1. The van der Waals surface area contributed by atoms with Crippen LogP contribution in [0.3, 0.4) is 0 Å². The number of aliphatic carboxylic acids is 1. The monoisotopic (exact) mass is 160 g/mol. The maximum Gasteiger partial charge on any atom is 0.304 e. The molecule has 4 heteroatoms. The molecule has 0 aliphatic heterocycles. The summed E-state index contributed by atoms with van der Waals surface area (Å²) in [6, 6.07) is 0. The summed E-state index contributed by atoms with van der Waals surface area (Å²) in [7, 11) is 3.80. The molecule has 0 rings (SSSR count). The minimum atomic E-state index is -0.735. The number of hydrogen-bond donors (Lipinski definition) is 2. The molecule has 0 bridgehead atoms. The average Bonchev–Trinajstić information content (AvgIpc) is 1.97. The van der Waals surface area contributed by atoms with Crippen LogP contribution < -0.4 is 5.32 Å². The number of carboxylic acids is 1. The number of nitrogens with one attached hydrogen (secondary N) is 1. The maximum atomic E-state index is 10.1. The van der Waals surface area contributed by atoms with E-state index >= 15 is 0 Å². The van der Waals surface area contributed by atoms with Crippen LogP contribution >= 0.6 is 0 Å². The summed E-state index contributed by atoms with van der Waals surface area (Å²) in [6.45, 7) is 2.41. The van der Waals surface area contributed by atoms with Gasteiger partial charge in [0.2, 0.25) is 0 Å². The van der Waals surface area contributed by atoms with Crippen molar-refractivity contribution in [2.45, 2.75) is 6.42 Å². The molecule has 66 valence electrons. The van der Waals surface area contributed by atoms with E-state index in [0.717, 1.165) is 13.1 Å². The van der Waals surface area contributed by atoms with E-state index in [-0.39, 0.29) is 6.42 Å². The van der Waals surface area contributed by atoms with E-state index in [4.69, 9.17) is 5.11 Å². The lowest BCUT2D eigenvalue weighted by Crippen LogP contribution is -2.29. The van der Waals surface area contributed by atoms with E-state index in [2.05, 4.69) is 5.32 Å². The van der Waals surface area contributed by atoms with Gasteiger partial charge in [-0.1, -0.05) is 0 Å². The first kappa shape index (κ1) is 10.4.